The number of rotatable bonds is 5. The molecule has 0 amide bonds. The lowest BCUT2D eigenvalue weighted by Crippen LogP contribution is -2.45. The zero-order chi connectivity index (χ0) is 13.7. The second-order valence-electron chi connectivity index (χ2n) is 4.75. The molecule has 0 unspecified atom stereocenters. The number of ether oxygens (including phenoxy) is 1. The van der Waals surface area contributed by atoms with Crippen LogP contribution in [0.3, 0.4) is 0 Å². The quantitative estimate of drug-likeness (QED) is 0.733. The Morgan fingerprint density at radius 2 is 2.11 bits per heavy atom. The second kappa shape index (κ2) is 6.75. The molecule has 1 heterocycles. The topological polar surface area (TPSA) is 65.0 Å². The van der Waals surface area contributed by atoms with E-state index < -0.39 is 0 Å². The molecule has 0 bridgehead atoms. The van der Waals surface area contributed by atoms with E-state index in [1.165, 1.54) is 0 Å². The monoisotopic (exact) mass is 266 g/mol. The maximum atomic E-state index is 9.66. The third kappa shape index (κ3) is 3.37. The van der Waals surface area contributed by atoms with E-state index in [-0.39, 0.29) is 18.4 Å². The van der Waals surface area contributed by atoms with Crippen LogP contribution in [0.5, 0.6) is 11.5 Å². The fourth-order valence-electron chi connectivity index (χ4n) is 2.58. The zero-order valence-electron chi connectivity index (χ0n) is 11.3. The molecule has 0 aromatic heterocycles. The molecule has 1 aromatic carbocycles. The normalized spacial score (nSPS) is 18.2. The number of aliphatic hydroxyl groups excluding tert-OH is 1. The fourth-order valence-corrected chi connectivity index (χ4v) is 2.58. The van der Waals surface area contributed by atoms with Gasteiger partial charge in [-0.2, -0.15) is 0 Å². The Kier molecular flexibility index (Phi) is 5.01. The molecule has 1 saturated heterocycles. The third-order valence-electron chi connectivity index (χ3n) is 3.58. The predicted molar refractivity (Wildman–Crippen MR) is 73.5 cm³/mol. The van der Waals surface area contributed by atoms with E-state index >= 15 is 0 Å². The molecule has 106 valence electrons. The Morgan fingerprint density at radius 3 is 2.74 bits per heavy atom. The first-order valence-corrected chi connectivity index (χ1v) is 6.68. The Labute approximate surface area is 113 Å². The van der Waals surface area contributed by atoms with Gasteiger partial charge in [-0.05, 0) is 24.1 Å². The lowest BCUT2D eigenvalue weighted by Gasteiger charge is -2.35. The highest BCUT2D eigenvalue weighted by atomic mass is 16.5. The van der Waals surface area contributed by atoms with Crippen LogP contribution in [0.2, 0.25) is 0 Å². The first kappa shape index (κ1) is 14.1. The number of nitrogens with zero attached hydrogens (tertiary/aromatic N) is 1. The van der Waals surface area contributed by atoms with Crippen molar-refractivity contribution in [2.75, 3.05) is 39.9 Å². The van der Waals surface area contributed by atoms with Crippen LogP contribution < -0.4 is 10.1 Å². The molecular weight excluding hydrogens is 244 g/mol. The van der Waals surface area contributed by atoms with Gasteiger partial charge in [0, 0.05) is 38.8 Å². The minimum absolute atomic E-state index is 0.148. The average Bonchev–Trinajstić information content (AvgIpc) is 2.46. The lowest BCUT2D eigenvalue weighted by molar-refractivity contribution is 0.141. The molecular formula is C14H22N2O3. The number of benzene rings is 1. The molecule has 1 aliphatic rings. The van der Waals surface area contributed by atoms with Gasteiger partial charge in [-0.1, -0.05) is 6.07 Å². The SMILES string of the molecule is COc1cc([C@H](CCO)N2CCNCC2)ccc1O. The maximum Gasteiger partial charge on any atom is 0.160 e. The van der Waals surface area contributed by atoms with Gasteiger partial charge in [0.25, 0.3) is 0 Å². The summed E-state index contributed by atoms with van der Waals surface area (Å²) in [4.78, 5) is 2.36. The summed E-state index contributed by atoms with van der Waals surface area (Å²) in [6.45, 7) is 4.02. The zero-order valence-corrected chi connectivity index (χ0v) is 11.3. The van der Waals surface area contributed by atoms with Gasteiger partial charge >= 0.3 is 0 Å². The number of hydrogen-bond acceptors (Lipinski definition) is 5. The van der Waals surface area contributed by atoms with Crippen molar-refractivity contribution < 1.29 is 14.9 Å². The standard InChI is InChI=1S/C14H22N2O3/c1-19-14-10-11(2-3-13(14)18)12(4-9-17)16-7-5-15-6-8-16/h2-3,10,12,15,17-18H,4-9H2,1H3/t12-/m0/s1. The van der Waals surface area contributed by atoms with Gasteiger partial charge in [-0.25, -0.2) is 0 Å². The molecule has 1 fully saturated rings. The Bertz CT molecular complexity index is 406. The summed E-state index contributed by atoms with van der Waals surface area (Å²) in [6, 6.07) is 5.58. The lowest BCUT2D eigenvalue weighted by atomic mass is 10.0. The van der Waals surface area contributed by atoms with Crippen molar-refractivity contribution in [1.82, 2.24) is 10.2 Å². The van der Waals surface area contributed by atoms with Crippen molar-refractivity contribution >= 4 is 0 Å². The Hall–Kier alpha value is -1.30. The van der Waals surface area contributed by atoms with Crippen molar-refractivity contribution in [1.29, 1.82) is 0 Å². The number of aromatic hydroxyl groups is 1. The minimum atomic E-state index is 0.148. The average molecular weight is 266 g/mol. The van der Waals surface area contributed by atoms with Gasteiger partial charge < -0.3 is 20.3 Å². The van der Waals surface area contributed by atoms with E-state index in [1.54, 1.807) is 13.2 Å². The van der Waals surface area contributed by atoms with Crippen LogP contribution in [0.1, 0.15) is 18.0 Å². The number of aliphatic hydroxyl groups is 1. The first-order chi connectivity index (χ1) is 9.26. The molecule has 0 saturated carbocycles. The van der Waals surface area contributed by atoms with E-state index in [0.717, 1.165) is 31.7 Å². The van der Waals surface area contributed by atoms with Gasteiger partial charge in [0.2, 0.25) is 0 Å². The van der Waals surface area contributed by atoms with Gasteiger partial charge in [-0.3, -0.25) is 4.90 Å². The van der Waals surface area contributed by atoms with E-state index in [1.807, 2.05) is 12.1 Å². The molecule has 0 radical (unpaired) electrons. The molecule has 1 atom stereocenters. The molecule has 5 heteroatoms. The number of phenols is 1. The summed E-state index contributed by atoms with van der Waals surface area (Å²) in [6.07, 6.45) is 0.688. The van der Waals surface area contributed by atoms with Crippen LogP contribution in [0, 0.1) is 0 Å². The van der Waals surface area contributed by atoms with Crippen LogP contribution in [0.15, 0.2) is 18.2 Å². The number of nitrogens with one attached hydrogen (secondary N) is 1. The predicted octanol–water partition coefficient (Wildman–Crippen LogP) is 0.729. The summed E-state index contributed by atoms with van der Waals surface area (Å²) in [5, 5.41) is 22.3. The molecule has 5 nitrogen and oxygen atoms in total. The number of methoxy groups -OCH3 is 1. The highest BCUT2D eigenvalue weighted by Gasteiger charge is 2.22. The van der Waals surface area contributed by atoms with Crippen LogP contribution in [-0.2, 0) is 0 Å². The van der Waals surface area contributed by atoms with Crippen molar-refractivity contribution in [3.05, 3.63) is 23.8 Å². The molecule has 1 aliphatic heterocycles. The van der Waals surface area contributed by atoms with Crippen molar-refractivity contribution in [3.63, 3.8) is 0 Å². The highest BCUT2D eigenvalue weighted by Crippen LogP contribution is 2.32. The minimum Gasteiger partial charge on any atom is -0.504 e. The van der Waals surface area contributed by atoms with Crippen molar-refractivity contribution in [3.8, 4) is 11.5 Å². The van der Waals surface area contributed by atoms with Gasteiger partial charge in [0.15, 0.2) is 11.5 Å². The summed E-state index contributed by atoms with van der Waals surface area (Å²) in [5.74, 6) is 0.630. The highest BCUT2D eigenvalue weighted by molar-refractivity contribution is 5.42. The number of piperazine rings is 1. The van der Waals surface area contributed by atoms with Crippen LogP contribution in [-0.4, -0.2) is 55.0 Å². The third-order valence-corrected chi connectivity index (χ3v) is 3.58. The van der Waals surface area contributed by atoms with Crippen LogP contribution in [0.4, 0.5) is 0 Å². The van der Waals surface area contributed by atoms with E-state index in [9.17, 15) is 10.2 Å². The second-order valence-corrected chi connectivity index (χ2v) is 4.75. The van der Waals surface area contributed by atoms with Crippen LogP contribution >= 0.6 is 0 Å². The Morgan fingerprint density at radius 1 is 1.37 bits per heavy atom. The van der Waals surface area contributed by atoms with Gasteiger partial charge in [0.1, 0.15) is 0 Å². The molecule has 19 heavy (non-hydrogen) atoms. The summed E-state index contributed by atoms with van der Waals surface area (Å²) in [5.41, 5.74) is 1.07. The van der Waals surface area contributed by atoms with E-state index in [4.69, 9.17) is 4.74 Å². The Balaban J connectivity index is 2.22. The molecule has 2 rings (SSSR count). The number of hydrogen-bond donors (Lipinski definition) is 3. The number of phenolic OH excluding ortho intramolecular Hbond substituents is 1. The van der Waals surface area contributed by atoms with Crippen LogP contribution in [0.25, 0.3) is 0 Å². The molecule has 1 aromatic rings. The van der Waals surface area contributed by atoms with Gasteiger partial charge in [0.05, 0.1) is 7.11 Å². The molecule has 3 N–H and O–H groups in total. The fraction of sp³-hybridized carbons (Fsp3) is 0.571. The molecule has 0 spiro atoms. The summed E-state index contributed by atoms with van der Waals surface area (Å²) < 4.78 is 5.16. The van der Waals surface area contributed by atoms with E-state index in [2.05, 4.69) is 10.2 Å². The first-order valence-electron chi connectivity index (χ1n) is 6.68. The summed E-state index contributed by atoms with van der Waals surface area (Å²) in [7, 11) is 1.55. The smallest absolute Gasteiger partial charge is 0.160 e. The van der Waals surface area contributed by atoms with E-state index in [0.29, 0.717) is 12.2 Å². The van der Waals surface area contributed by atoms with Crippen molar-refractivity contribution in [2.24, 2.45) is 0 Å². The summed E-state index contributed by atoms with van der Waals surface area (Å²) >= 11 is 0. The van der Waals surface area contributed by atoms with Crippen molar-refractivity contribution in [2.45, 2.75) is 12.5 Å². The maximum absolute atomic E-state index is 9.66. The van der Waals surface area contributed by atoms with Gasteiger partial charge in [-0.15, -0.1) is 0 Å². The largest absolute Gasteiger partial charge is 0.504 e. The molecule has 0 aliphatic carbocycles.